The summed E-state index contributed by atoms with van der Waals surface area (Å²) in [5, 5.41) is 0. The van der Waals surface area contributed by atoms with Crippen molar-refractivity contribution < 1.29 is 0 Å². The van der Waals surface area contributed by atoms with Gasteiger partial charge in [0.1, 0.15) is 0 Å². The normalized spacial score (nSPS) is 10.6. The van der Waals surface area contributed by atoms with Crippen LogP contribution in [0, 0.1) is 10.5 Å². The summed E-state index contributed by atoms with van der Waals surface area (Å²) in [5.74, 6) is 0. The summed E-state index contributed by atoms with van der Waals surface area (Å²) in [6.45, 7) is 5.03. The second kappa shape index (κ2) is 6.30. The topological polar surface area (TPSA) is 22.0 Å². The number of hydrogen-bond donors (Lipinski definition) is 0. The van der Waals surface area contributed by atoms with E-state index in [1.807, 2.05) is 17.7 Å². The molecule has 1 aromatic heterocycles. The lowest BCUT2D eigenvalue weighted by Crippen LogP contribution is -2.19. The van der Waals surface area contributed by atoms with Gasteiger partial charge in [0.2, 0.25) is 0 Å². The van der Waals surface area contributed by atoms with Crippen LogP contribution in [0.25, 0.3) is 0 Å². The Bertz CT molecular complexity index is 370. The van der Waals surface area contributed by atoms with Crippen molar-refractivity contribution in [1.29, 1.82) is 0 Å². The van der Waals surface area contributed by atoms with Gasteiger partial charge in [-0.15, -0.1) is 0 Å². The largest absolute Gasteiger partial charge is 0.314 e. The van der Waals surface area contributed by atoms with E-state index in [0.717, 1.165) is 18.5 Å². The first-order valence-electron chi connectivity index (χ1n) is 5.51. The molecule has 0 saturated heterocycles. The highest BCUT2D eigenvalue weighted by Gasteiger charge is 2.00. The van der Waals surface area contributed by atoms with E-state index in [2.05, 4.69) is 29.5 Å². The van der Waals surface area contributed by atoms with Crippen molar-refractivity contribution in [3.63, 3.8) is 0 Å². The van der Waals surface area contributed by atoms with Crippen LogP contribution in [-0.2, 0) is 6.54 Å². The van der Waals surface area contributed by atoms with E-state index in [0.29, 0.717) is 0 Å². The summed E-state index contributed by atoms with van der Waals surface area (Å²) in [6, 6.07) is 1.72. The molecule has 0 aromatic carbocycles. The third-order valence-electron chi connectivity index (χ3n) is 2.52. The van der Waals surface area contributed by atoms with Gasteiger partial charge in [-0.2, -0.15) is 0 Å². The van der Waals surface area contributed by atoms with Gasteiger partial charge in [0, 0.05) is 22.4 Å². The summed E-state index contributed by atoms with van der Waals surface area (Å²) < 4.78 is 2.99. The lowest BCUT2D eigenvalue weighted by atomic mass is 10.2. The van der Waals surface area contributed by atoms with Crippen LogP contribution in [0.15, 0.2) is 17.1 Å². The molecule has 0 fully saturated rings. The molecule has 0 atom stereocenters. The molecule has 1 rings (SSSR count). The van der Waals surface area contributed by atoms with Gasteiger partial charge in [-0.25, -0.2) is 0 Å². The summed E-state index contributed by atoms with van der Waals surface area (Å²) in [7, 11) is 0. The fourth-order valence-electron chi connectivity index (χ4n) is 1.52. The molecule has 0 N–H and O–H groups in total. The lowest BCUT2D eigenvalue weighted by Gasteiger charge is -2.07. The van der Waals surface area contributed by atoms with E-state index >= 15 is 0 Å². The minimum atomic E-state index is 0.129. The molecule has 1 heterocycles. The number of hydrogen-bond acceptors (Lipinski definition) is 1. The lowest BCUT2D eigenvalue weighted by molar-refractivity contribution is 0.569. The molecule has 0 bridgehead atoms. The van der Waals surface area contributed by atoms with Gasteiger partial charge in [0.15, 0.2) is 0 Å². The fraction of sp³-hybridized carbons (Fsp3) is 0.583. The predicted molar refractivity (Wildman–Crippen MR) is 72.3 cm³/mol. The number of pyridine rings is 1. The number of unbranched alkanes of at least 4 members (excludes halogenated alkanes) is 3. The minimum Gasteiger partial charge on any atom is -0.314 e. The Morgan fingerprint density at radius 3 is 2.73 bits per heavy atom. The molecule has 0 amide bonds. The molecule has 15 heavy (non-hydrogen) atoms. The highest BCUT2D eigenvalue weighted by atomic mass is 127. The molecule has 0 aliphatic heterocycles. The van der Waals surface area contributed by atoms with Gasteiger partial charge in [-0.05, 0) is 41.5 Å². The Labute approximate surface area is 105 Å². The van der Waals surface area contributed by atoms with E-state index in [1.54, 1.807) is 6.07 Å². The molecule has 0 radical (unpaired) electrons. The Hall–Kier alpha value is -0.320. The number of nitrogens with zero attached hydrogens (tertiary/aromatic N) is 1. The molecular formula is C12H18INO. The van der Waals surface area contributed by atoms with E-state index in [-0.39, 0.29) is 5.56 Å². The molecule has 0 saturated carbocycles. The van der Waals surface area contributed by atoms with Crippen molar-refractivity contribution in [2.45, 2.75) is 46.1 Å². The summed E-state index contributed by atoms with van der Waals surface area (Å²) in [5.41, 5.74) is 1.20. The zero-order chi connectivity index (χ0) is 11.3. The monoisotopic (exact) mass is 319 g/mol. The van der Waals surface area contributed by atoms with Crippen molar-refractivity contribution in [2.24, 2.45) is 0 Å². The van der Waals surface area contributed by atoms with Crippen LogP contribution in [0.1, 0.15) is 38.2 Å². The maximum Gasteiger partial charge on any atom is 0.250 e. The first-order chi connectivity index (χ1) is 7.15. The highest BCUT2D eigenvalue weighted by molar-refractivity contribution is 14.1. The molecule has 0 spiro atoms. The molecule has 0 aliphatic rings. The molecule has 84 valence electrons. The van der Waals surface area contributed by atoms with Gasteiger partial charge in [-0.3, -0.25) is 4.79 Å². The summed E-state index contributed by atoms with van der Waals surface area (Å²) in [4.78, 5) is 11.6. The zero-order valence-electron chi connectivity index (χ0n) is 9.42. The van der Waals surface area contributed by atoms with Gasteiger partial charge < -0.3 is 4.57 Å². The summed E-state index contributed by atoms with van der Waals surface area (Å²) >= 11 is 2.28. The minimum absolute atomic E-state index is 0.129. The Kier molecular flexibility index (Phi) is 5.36. The average Bonchev–Trinajstić information content (AvgIpc) is 2.20. The van der Waals surface area contributed by atoms with Crippen LogP contribution in [0.3, 0.4) is 0 Å². The molecule has 0 aliphatic carbocycles. The van der Waals surface area contributed by atoms with Crippen LogP contribution in [-0.4, -0.2) is 4.57 Å². The maximum absolute atomic E-state index is 11.6. The molecule has 1 aromatic rings. The first-order valence-corrected chi connectivity index (χ1v) is 6.59. The Morgan fingerprint density at radius 2 is 2.07 bits per heavy atom. The number of rotatable bonds is 5. The van der Waals surface area contributed by atoms with E-state index in [4.69, 9.17) is 0 Å². The summed E-state index contributed by atoms with van der Waals surface area (Å²) in [6.07, 6.45) is 6.78. The van der Waals surface area contributed by atoms with Gasteiger partial charge in [-0.1, -0.05) is 26.2 Å². The maximum atomic E-state index is 11.6. The molecular weight excluding hydrogens is 301 g/mol. The standard InChI is InChI=1S/C12H18INO/c1-3-4-5-6-7-14-9-11(13)10(2)8-12(14)15/h8-9H,3-7H2,1-2H3. The van der Waals surface area contributed by atoms with Crippen LogP contribution in [0.5, 0.6) is 0 Å². The van der Waals surface area contributed by atoms with Crippen LogP contribution < -0.4 is 5.56 Å². The van der Waals surface area contributed by atoms with Crippen molar-refractivity contribution in [1.82, 2.24) is 4.57 Å². The van der Waals surface area contributed by atoms with E-state index < -0.39 is 0 Å². The second-order valence-electron chi connectivity index (χ2n) is 3.90. The van der Waals surface area contributed by atoms with Gasteiger partial charge >= 0.3 is 0 Å². The second-order valence-corrected chi connectivity index (χ2v) is 5.06. The van der Waals surface area contributed by atoms with Crippen molar-refractivity contribution in [2.75, 3.05) is 0 Å². The SMILES string of the molecule is CCCCCCn1cc(I)c(C)cc1=O. The first kappa shape index (κ1) is 12.7. The zero-order valence-corrected chi connectivity index (χ0v) is 11.6. The Balaban J connectivity index is 2.61. The van der Waals surface area contributed by atoms with Crippen LogP contribution >= 0.6 is 22.6 Å². The molecule has 2 nitrogen and oxygen atoms in total. The number of aryl methyl sites for hydroxylation is 2. The molecule has 3 heteroatoms. The van der Waals surface area contributed by atoms with E-state index in [9.17, 15) is 4.79 Å². The van der Waals surface area contributed by atoms with Crippen LogP contribution in [0.2, 0.25) is 0 Å². The van der Waals surface area contributed by atoms with Crippen molar-refractivity contribution in [3.8, 4) is 0 Å². The van der Waals surface area contributed by atoms with Crippen molar-refractivity contribution in [3.05, 3.63) is 31.8 Å². The third-order valence-corrected chi connectivity index (χ3v) is 3.65. The quantitative estimate of drug-likeness (QED) is 0.603. The Morgan fingerprint density at radius 1 is 1.33 bits per heavy atom. The predicted octanol–water partition coefficient (Wildman–Crippen LogP) is 3.34. The number of halogens is 1. The highest BCUT2D eigenvalue weighted by Crippen LogP contribution is 2.08. The van der Waals surface area contributed by atoms with Gasteiger partial charge in [0.25, 0.3) is 5.56 Å². The van der Waals surface area contributed by atoms with E-state index in [1.165, 1.54) is 22.8 Å². The smallest absolute Gasteiger partial charge is 0.250 e. The third kappa shape index (κ3) is 3.97. The number of aromatic nitrogens is 1. The van der Waals surface area contributed by atoms with Crippen LogP contribution in [0.4, 0.5) is 0 Å². The fourth-order valence-corrected chi connectivity index (χ4v) is 2.01. The average molecular weight is 319 g/mol. The van der Waals surface area contributed by atoms with Crippen molar-refractivity contribution >= 4 is 22.6 Å². The molecule has 0 unspecified atom stereocenters. The van der Waals surface area contributed by atoms with Gasteiger partial charge in [0.05, 0.1) is 0 Å².